The smallest absolute Gasteiger partial charge is 0.138 e. The molecule has 2 aliphatic carbocycles. The number of rotatable bonds is 4. The highest BCUT2D eigenvalue weighted by atomic mass is 32.1. The van der Waals surface area contributed by atoms with E-state index >= 15 is 0 Å². The molecule has 0 unspecified atom stereocenters. The number of thiophene rings is 1. The molecule has 2 heterocycles. The Kier molecular flexibility index (Phi) is 4.89. The first-order chi connectivity index (χ1) is 13.8. The zero-order chi connectivity index (χ0) is 18.9. The van der Waals surface area contributed by atoms with Crippen LogP contribution >= 0.6 is 11.3 Å². The summed E-state index contributed by atoms with van der Waals surface area (Å²) in [5.74, 6) is 0.838. The summed E-state index contributed by atoms with van der Waals surface area (Å²) in [5, 5.41) is 8.54. The van der Waals surface area contributed by atoms with Crippen molar-refractivity contribution >= 4 is 33.1 Å². The number of halogens is 1. The van der Waals surface area contributed by atoms with Crippen molar-refractivity contribution < 1.29 is 4.39 Å². The topological polar surface area (TPSA) is 49.8 Å². The van der Waals surface area contributed by atoms with Gasteiger partial charge in [-0.2, -0.15) is 0 Å². The van der Waals surface area contributed by atoms with E-state index in [1.54, 1.807) is 6.33 Å². The van der Waals surface area contributed by atoms with Gasteiger partial charge >= 0.3 is 0 Å². The summed E-state index contributed by atoms with van der Waals surface area (Å²) in [5.41, 5.74) is 2.49. The van der Waals surface area contributed by atoms with Crippen molar-refractivity contribution in [1.29, 1.82) is 0 Å². The lowest BCUT2D eigenvalue weighted by Crippen LogP contribution is -2.32. The molecule has 5 rings (SSSR count). The van der Waals surface area contributed by atoms with Gasteiger partial charge in [-0.05, 0) is 81.2 Å². The summed E-state index contributed by atoms with van der Waals surface area (Å²) < 4.78 is 13.1. The van der Waals surface area contributed by atoms with Gasteiger partial charge in [0.1, 0.15) is 22.8 Å². The lowest BCUT2D eigenvalue weighted by Gasteiger charge is -2.30. The third kappa shape index (κ3) is 3.58. The van der Waals surface area contributed by atoms with Crippen LogP contribution in [-0.2, 0) is 12.8 Å². The van der Waals surface area contributed by atoms with Gasteiger partial charge < -0.3 is 10.6 Å². The minimum absolute atomic E-state index is 0.190. The zero-order valence-corrected chi connectivity index (χ0v) is 16.7. The fraction of sp³-hybridized carbons (Fsp3) is 0.455. The average Bonchev–Trinajstić information content (AvgIpc) is 3.11. The first kappa shape index (κ1) is 17.9. The second kappa shape index (κ2) is 7.66. The first-order valence-electron chi connectivity index (χ1n) is 10.3. The molecular weight excluding hydrogens is 371 g/mol. The summed E-state index contributed by atoms with van der Waals surface area (Å²) in [7, 11) is 0. The van der Waals surface area contributed by atoms with Gasteiger partial charge in [0.15, 0.2) is 0 Å². The number of aromatic nitrogens is 2. The highest BCUT2D eigenvalue weighted by Crippen LogP contribution is 2.38. The van der Waals surface area contributed by atoms with E-state index in [1.165, 1.54) is 47.2 Å². The number of anilines is 2. The van der Waals surface area contributed by atoms with E-state index in [1.807, 2.05) is 23.5 Å². The van der Waals surface area contributed by atoms with Gasteiger partial charge in [-0.1, -0.05) is 0 Å². The molecule has 0 aliphatic heterocycles. The van der Waals surface area contributed by atoms with Crippen LogP contribution in [0.4, 0.5) is 15.9 Å². The Hall–Kier alpha value is -2.21. The Morgan fingerprint density at radius 3 is 2.39 bits per heavy atom. The molecule has 2 aliphatic rings. The molecule has 0 saturated heterocycles. The van der Waals surface area contributed by atoms with Crippen LogP contribution in [0.2, 0.25) is 0 Å². The van der Waals surface area contributed by atoms with Crippen LogP contribution in [0.5, 0.6) is 0 Å². The molecule has 3 aromatic rings. The van der Waals surface area contributed by atoms with E-state index in [4.69, 9.17) is 0 Å². The molecule has 2 N–H and O–H groups in total. The van der Waals surface area contributed by atoms with Gasteiger partial charge in [-0.25, -0.2) is 14.4 Å². The zero-order valence-electron chi connectivity index (χ0n) is 15.9. The third-order valence-electron chi connectivity index (χ3n) is 6.03. The van der Waals surface area contributed by atoms with Crippen LogP contribution in [0.15, 0.2) is 30.6 Å². The maximum absolute atomic E-state index is 13.1. The van der Waals surface area contributed by atoms with Crippen molar-refractivity contribution in [3.05, 3.63) is 46.9 Å². The Morgan fingerprint density at radius 1 is 0.893 bits per heavy atom. The Bertz CT molecular complexity index is 961. The molecule has 2 aromatic heterocycles. The molecule has 1 saturated carbocycles. The van der Waals surface area contributed by atoms with Crippen LogP contribution < -0.4 is 10.6 Å². The maximum atomic E-state index is 13.1. The van der Waals surface area contributed by atoms with Gasteiger partial charge in [0, 0.05) is 22.6 Å². The van der Waals surface area contributed by atoms with Gasteiger partial charge in [-0.15, -0.1) is 11.3 Å². The number of nitrogens with one attached hydrogen (secondary N) is 2. The summed E-state index contributed by atoms with van der Waals surface area (Å²) in [6.45, 7) is 0. The normalized spacial score (nSPS) is 22.0. The van der Waals surface area contributed by atoms with Gasteiger partial charge in [0.2, 0.25) is 0 Å². The van der Waals surface area contributed by atoms with Crippen molar-refractivity contribution in [2.75, 3.05) is 10.6 Å². The molecule has 0 amide bonds. The second-order valence-corrected chi connectivity index (χ2v) is 9.04. The summed E-state index contributed by atoms with van der Waals surface area (Å²) in [6, 6.07) is 7.55. The van der Waals surface area contributed by atoms with Gasteiger partial charge in [0.05, 0.1) is 5.39 Å². The molecule has 146 valence electrons. The van der Waals surface area contributed by atoms with E-state index < -0.39 is 0 Å². The minimum Gasteiger partial charge on any atom is -0.382 e. The number of fused-ring (bicyclic) bond motifs is 3. The lowest BCUT2D eigenvalue weighted by molar-refractivity contribution is 0.428. The van der Waals surface area contributed by atoms with E-state index in [9.17, 15) is 4.39 Å². The SMILES string of the molecule is Fc1ccc(NC2CCC(Nc3ncnc4sc5c(c34)CCCC5)CC2)cc1. The number of hydrogen-bond donors (Lipinski definition) is 2. The van der Waals surface area contributed by atoms with Crippen LogP contribution in [0.25, 0.3) is 10.2 Å². The Morgan fingerprint density at radius 2 is 1.61 bits per heavy atom. The molecule has 4 nitrogen and oxygen atoms in total. The van der Waals surface area contributed by atoms with Crippen molar-refractivity contribution in [2.45, 2.75) is 63.5 Å². The summed E-state index contributed by atoms with van der Waals surface area (Å²) in [6.07, 6.45) is 11.0. The van der Waals surface area contributed by atoms with E-state index in [2.05, 4.69) is 20.6 Å². The molecule has 0 bridgehead atoms. The summed E-state index contributed by atoms with van der Waals surface area (Å²) >= 11 is 1.85. The molecule has 0 spiro atoms. The van der Waals surface area contributed by atoms with Crippen LogP contribution in [0, 0.1) is 5.82 Å². The molecular formula is C22H25FN4S. The second-order valence-electron chi connectivity index (χ2n) is 7.96. The van der Waals surface area contributed by atoms with Crippen molar-refractivity contribution in [3.8, 4) is 0 Å². The number of hydrogen-bond acceptors (Lipinski definition) is 5. The van der Waals surface area contributed by atoms with Crippen LogP contribution in [-0.4, -0.2) is 22.1 Å². The largest absolute Gasteiger partial charge is 0.382 e. The summed E-state index contributed by atoms with van der Waals surface area (Å²) in [4.78, 5) is 11.8. The molecule has 0 atom stereocenters. The predicted octanol–water partition coefficient (Wildman–Crippen LogP) is 5.54. The van der Waals surface area contributed by atoms with Gasteiger partial charge in [-0.3, -0.25) is 0 Å². The highest BCUT2D eigenvalue weighted by molar-refractivity contribution is 7.19. The fourth-order valence-electron chi connectivity index (χ4n) is 4.56. The van der Waals surface area contributed by atoms with E-state index in [0.29, 0.717) is 12.1 Å². The molecule has 0 radical (unpaired) electrons. The Labute approximate surface area is 168 Å². The van der Waals surface area contributed by atoms with Crippen LogP contribution in [0.3, 0.4) is 0 Å². The Balaban J connectivity index is 1.25. The molecule has 1 aromatic carbocycles. The molecule has 6 heteroatoms. The highest BCUT2D eigenvalue weighted by Gasteiger charge is 2.24. The monoisotopic (exact) mass is 396 g/mol. The lowest BCUT2D eigenvalue weighted by atomic mass is 9.90. The number of benzene rings is 1. The third-order valence-corrected chi connectivity index (χ3v) is 7.23. The first-order valence-corrected chi connectivity index (χ1v) is 11.1. The fourth-order valence-corrected chi connectivity index (χ4v) is 5.79. The van der Waals surface area contributed by atoms with Crippen LogP contribution in [0.1, 0.15) is 49.0 Å². The van der Waals surface area contributed by atoms with Gasteiger partial charge in [0.25, 0.3) is 0 Å². The quantitative estimate of drug-likeness (QED) is 0.607. The van der Waals surface area contributed by atoms with Crippen molar-refractivity contribution in [2.24, 2.45) is 0 Å². The number of aryl methyl sites for hydroxylation is 2. The van der Waals surface area contributed by atoms with E-state index in [0.717, 1.165) is 48.4 Å². The van der Waals surface area contributed by atoms with Crippen molar-refractivity contribution in [1.82, 2.24) is 9.97 Å². The maximum Gasteiger partial charge on any atom is 0.138 e. The number of nitrogens with zero attached hydrogens (tertiary/aromatic N) is 2. The average molecular weight is 397 g/mol. The van der Waals surface area contributed by atoms with E-state index in [-0.39, 0.29) is 5.82 Å². The molecule has 28 heavy (non-hydrogen) atoms. The standard InChI is InChI=1S/C22H25FN4S/c23-14-5-7-15(8-6-14)26-16-9-11-17(12-10-16)27-21-20-18-3-1-2-4-19(18)28-22(20)25-13-24-21/h5-8,13,16-17,26H,1-4,9-12H2,(H,24,25,27). The van der Waals surface area contributed by atoms with Crippen molar-refractivity contribution in [3.63, 3.8) is 0 Å². The molecule has 1 fully saturated rings. The predicted molar refractivity (Wildman–Crippen MR) is 114 cm³/mol. The minimum atomic E-state index is -0.190.